The van der Waals surface area contributed by atoms with Crippen LogP contribution in [0.1, 0.15) is 5.56 Å². The fourth-order valence-corrected chi connectivity index (χ4v) is 2.85. The van der Waals surface area contributed by atoms with Gasteiger partial charge in [-0.25, -0.2) is 17.2 Å². The van der Waals surface area contributed by atoms with Gasteiger partial charge in [0, 0.05) is 5.88 Å². The van der Waals surface area contributed by atoms with Gasteiger partial charge in [-0.15, -0.1) is 11.6 Å². The lowest BCUT2D eigenvalue weighted by molar-refractivity contribution is 0.519. The molecule has 1 rings (SSSR count). The Balaban J connectivity index is 3.43. The monoisotopic (exact) mass is 265 g/mol. The average Bonchev–Trinajstić information content (AvgIpc) is 2.15. The van der Waals surface area contributed by atoms with Crippen LogP contribution in [0.25, 0.3) is 0 Å². The van der Waals surface area contributed by atoms with Gasteiger partial charge >= 0.3 is 0 Å². The summed E-state index contributed by atoms with van der Waals surface area (Å²) in [6.07, 6.45) is 0. The maximum Gasteiger partial charge on any atom is 0.185 e. The molecule has 0 aliphatic rings. The predicted molar refractivity (Wildman–Crippen MR) is 53.8 cm³/mol. The molecule has 0 radical (unpaired) electrons. The van der Waals surface area contributed by atoms with Gasteiger partial charge in [0.25, 0.3) is 0 Å². The Kier molecular flexibility index (Phi) is 3.83. The fourth-order valence-electron chi connectivity index (χ4n) is 1.13. The summed E-state index contributed by atoms with van der Waals surface area (Å²) in [5, 5.41) is 8.43. The van der Waals surface area contributed by atoms with E-state index in [0.29, 0.717) is 12.1 Å². The van der Waals surface area contributed by atoms with Crippen molar-refractivity contribution in [1.82, 2.24) is 0 Å². The highest BCUT2D eigenvalue weighted by molar-refractivity contribution is 7.91. The van der Waals surface area contributed by atoms with E-state index in [1.807, 2.05) is 0 Å². The van der Waals surface area contributed by atoms with Gasteiger partial charge in [0.05, 0.1) is 17.4 Å². The fraction of sp³-hybridized carbons (Fsp3) is 0.222. The largest absolute Gasteiger partial charge is 0.223 e. The first-order valence-corrected chi connectivity index (χ1v) is 6.29. The molecule has 0 bridgehead atoms. The lowest BCUT2D eigenvalue weighted by Crippen LogP contribution is -2.12. The quantitative estimate of drug-likeness (QED) is 0.784. The minimum absolute atomic E-state index is 0.263. The Labute approximate surface area is 96.2 Å². The van der Waals surface area contributed by atoms with Crippen molar-refractivity contribution in [2.24, 2.45) is 0 Å². The highest BCUT2D eigenvalue weighted by Gasteiger charge is 2.24. The maximum atomic E-state index is 13.3. The molecule has 0 unspecified atom stereocenters. The molecule has 0 aromatic heterocycles. The number of halogens is 3. The third-order valence-corrected chi connectivity index (χ3v) is 3.95. The molecule has 1 aromatic rings. The van der Waals surface area contributed by atoms with E-state index in [1.54, 1.807) is 0 Å². The normalized spacial score (nSPS) is 11.1. The number of rotatable bonds is 3. The third-order valence-electron chi connectivity index (χ3n) is 1.78. The van der Waals surface area contributed by atoms with E-state index in [9.17, 15) is 17.2 Å². The van der Waals surface area contributed by atoms with Gasteiger partial charge < -0.3 is 0 Å². The maximum absolute atomic E-state index is 13.3. The van der Waals surface area contributed by atoms with Gasteiger partial charge in [-0.05, 0) is 12.1 Å². The van der Waals surface area contributed by atoms with Gasteiger partial charge in [-0.3, -0.25) is 0 Å². The van der Waals surface area contributed by atoms with Crippen LogP contribution in [0, 0.1) is 23.0 Å². The highest BCUT2D eigenvalue weighted by atomic mass is 35.5. The Bertz CT molecular complexity index is 528. The first kappa shape index (κ1) is 12.9. The number of alkyl halides is 1. The Morgan fingerprint density at radius 3 is 2.19 bits per heavy atom. The standard InChI is InChI=1S/C9H6ClF2NO2S/c10-1-2-16(14,15)9-7(11)3-6(5-13)4-8(9)12/h3-4H,1-2H2. The lowest BCUT2D eigenvalue weighted by Gasteiger charge is -2.05. The van der Waals surface area contributed by atoms with Gasteiger partial charge in [-0.1, -0.05) is 0 Å². The van der Waals surface area contributed by atoms with E-state index in [-0.39, 0.29) is 11.4 Å². The van der Waals surface area contributed by atoms with Crippen molar-refractivity contribution in [3.05, 3.63) is 29.3 Å². The van der Waals surface area contributed by atoms with Gasteiger partial charge in [0.15, 0.2) is 9.84 Å². The SMILES string of the molecule is N#Cc1cc(F)c(S(=O)(=O)CCCl)c(F)c1. The molecule has 0 spiro atoms. The lowest BCUT2D eigenvalue weighted by atomic mass is 10.2. The molecule has 0 atom stereocenters. The molecule has 1 aromatic carbocycles. The second-order valence-corrected chi connectivity index (χ2v) is 5.31. The zero-order chi connectivity index (χ0) is 12.3. The number of nitrogens with zero attached hydrogens (tertiary/aromatic N) is 1. The van der Waals surface area contributed by atoms with E-state index in [2.05, 4.69) is 0 Å². The first-order valence-electron chi connectivity index (χ1n) is 4.10. The van der Waals surface area contributed by atoms with Crippen LogP contribution in [0.3, 0.4) is 0 Å². The van der Waals surface area contributed by atoms with E-state index < -0.39 is 32.1 Å². The van der Waals surface area contributed by atoms with Gasteiger partial charge in [0.2, 0.25) is 0 Å². The van der Waals surface area contributed by atoms with E-state index in [0.717, 1.165) is 0 Å². The molecule has 0 aliphatic heterocycles. The van der Waals surface area contributed by atoms with Gasteiger partial charge in [-0.2, -0.15) is 5.26 Å². The summed E-state index contributed by atoms with van der Waals surface area (Å²) < 4.78 is 49.5. The summed E-state index contributed by atoms with van der Waals surface area (Å²) in [5.41, 5.74) is -0.278. The molecule has 3 nitrogen and oxygen atoms in total. The summed E-state index contributed by atoms with van der Waals surface area (Å²) in [4.78, 5) is -1.04. The van der Waals surface area contributed by atoms with Crippen LogP contribution in [-0.4, -0.2) is 20.1 Å². The third kappa shape index (κ3) is 2.49. The molecule has 0 saturated carbocycles. The number of nitriles is 1. The van der Waals surface area contributed by atoms with Crippen molar-refractivity contribution >= 4 is 21.4 Å². The van der Waals surface area contributed by atoms with Crippen molar-refractivity contribution in [3.63, 3.8) is 0 Å². The van der Waals surface area contributed by atoms with Crippen molar-refractivity contribution < 1.29 is 17.2 Å². The number of sulfone groups is 1. The molecule has 7 heteroatoms. The topological polar surface area (TPSA) is 57.9 Å². The van der Waals surface area contributed by atoms with Crippen LogP contribution in [0.15, 0.2) is 17.0 Å². The average molecular weight is 266 g/mol. The van der Waals surface area contributed by atoms with Crippen LogP contribution in [0.5, 0.6) is 0 Å². The van der Waals surface area contributed by atoms with E-state index >= 15 is 0 Å². The van der Waals surface area contributed by atoms with Crippen LogP contribution in [-0.2, 0) is 9.84 Å². The van der Waals surface area contributed by atoms with E-state index in [1.165, 1.54) is 6.07 Å². The second kappa shape index (κ2) is 4.76. The molecule has 0 N–H and O–H groups in total. The van der Waals surface area contributed by atoms with Crippen LogP contribution in [0.4, 0.5) is 8.78 Å². The minimum atomic E-state index is -4.09. The molecular formula is C9H6ClF2NO2S. The Hall–Kier alpha value is -1.19. The molecule has 0 aliphatic carbocycles. The molecule has 0 saturated heterocycles. The van der Waals surface area contributed by atoms with Crippen LogP contribution >= 0.6 is 11.6 Å². The predicted octanol–water partition coefficient (Wildman–Crippen LogP) is 1.85. The first-order chi connectivity index (χ1) is 7.42. The Morgan fingerprint density at radius 1 is 1.31 bits per heavy atom. The summed E-state index contributed by atoms with van der Waals surface area (Å²) in [6.45, 7) is 0. The summed E-state index contributed by atoms with van der Waals surface area (Å²) in [7, 11) is -4.09. The van der Waals surface area contributed by atoms with Crippen molar-refractivity contribution in [3.8, 4) is 6.07 Å². The van der Waals surface area contributed by atoms with Crippen LogP contribution < -0.4 is 0 Å². The molecule has 0 fully saturated rings. The number of benzene rings is 1. The zero-order valence-electron chi connectivity index (χ0n) is 7.87. The second-order valence-electron chi connectivity index (χ2n) is 2.89. The van der Waals surface area contributed by atoms with Crippen molar-refractivity contribution in [2.75, 3.05) is 11.6 Å². The molecular weight excluding hydrogens is 260 g/mol. The number of hydrogen-bond acceptors (Lipinski definition) is 3. The molecule has 86 valence electrons. The van der Waals surface area contributed by atoms with E-state index in [4.69, 9.17) is 16.9 Å². The molecule has 0 heterocycles. The van der Waals surface area contributed by atoms with Crippen molar-refractivity contribution in [2.45, 2.75) is 4.90 Å². The number of hydrogen-bond donors (Lipinski definition) is 0. The Morgan fingerprint density at radius 2 is 1.81 bits per heavy atom. The molecule has 0 amide bonds. The highest BCUT2D eigenvalue weighted by Crippen LogP contribution is 2.21. The summed E-state index contributed by atoms with van der Waals surface area (Å²) in [6, 6.07) is 2.86. The van der Waals surface area contributed by atoms with Gasteiger partial charge in [0.1, 0.15) is 16.5 Å². The minimum Gasteiger partial charge on any atom is -0.223 e. The summed E-state index contributed by atoms with van der Waals surface area (Å²) >= 11 is 5.22. The summed E-state index contributed by atoms with van der Waals surface area (Å²) in [5.74, 6) is -3.38. The smallest absolute Gasteiger partial charge is 0.185 e. The van der Waals surface area contributed by atoms with Crippen molar-refractivity contribution in [1.29, 1.82) is 5.26 Å². The van der Waals surface area contributed by atoms with Crippen LogP contribution in [0.2, 0.25) is 0 Å². The molecule has 16 heavy (non-hydrogen) atoms. The zero-order valence-corrected chi connectivity index (χ0v) is 9.45.